The zero-order valence-electron chi connectivity index (χ0n) is 20.5. The van der Waals surface area contributed by atoms with Crippen LogP contribution in [0.5, 0.6) is 0 Å². The number of carbonyl (C=O) groups excluding carboxylic acids is 2. The lowest BCUT2D eigenvalue weighted by Gasteiger charge is -2.22. The third-order valence-electron chi connectivity index (χ3n) is 5.66. The van der Waals surface area contributed by atoms with Crippen LogP contribution in [-0.4, -0.2) is 60.0 Å². The number of carbonyl (C=O) groups is 2. The third kappa shape index (κ3) is 5.59. The molecule has 0 bridgehead atoms. The summed E-state index contributed by atoms with van der Waals surface area (Å²) in [4.78, 5) is 51.5. The van der Waals surface area contributed by atoms with Gasteiger partial charge in [-0.3, -0.25) is 14.6 Å². The molecule has 0 aliphatic carbocycles. The number of amides is 2. The first kappa shape index (κ1) is 24.6. The van der Waals surface area contributed by atoms with Gasteiger partial charge in [0.2, 0.25) is 0 Å². The van der Waals surface area contributed by atoms with Crippen LogP contribution in [-0.2, 0) is 6.54 Å². The Labute approximate surface area is 206 Å². The predicted octanol–water partition coefficient (Wildman–Crippen LogP) is 2.69. The van der Waals surface area contributed by atoms with Crippen molar-refractivity contribution >= 4 is 29.0 Å². The maximum absolute atomic E-state index is 13.5. The van der Waals surface area contributed by atoms with E-state index in [0.29, 0.717) is 17.2 Å². The van der Waals surface area contributed by atoms with E-state index in [-0.39, 0.29) is 34.7 Å². The van der Waals surface area contributed by atoms with Crippen LogP contribution >= 0.6 is 11.3 Å². The van der Waals surface area contributed by atoms with Crippen molar-refractivity contribution in [1.29, 1.82) is 0 Å². The molecule has 1 aliphatic rings. The number of thiazole rings is 1. The van der Waals surface area contributed by atoms with Crippen molar-refractivity contribution in [3.8, 4) is 10.4 Å². The standard InChI is InChI=1S/C23H30N8O3S/c1-12-9-15(28-23(3,4)5)24-10-14(12)18-17(21(33)31-8-6-7-13(31)2)27-20(35-18)19(32)25-11-16-26-22(34)30-29-16/h9-10,13H,6-8,11H2,1-5H3,(H,24,28)(H,25,32)(H2,26,29,30,34)/t13-/m0/s1. The second kappa shape index (κ2) is 9.61. The Morgan fingerprint density at radius 3 is 2.69 bits per heavy atom. The van der Waals surface area contributed by atoms with E-state index in [0.717, 1.165) is 41.1 Å². The predicted molar refractivity (Wildman–Crippen MR) is 134 cm³/mol. The topological polar surface area (TPSA) is 149 Å². The number of nitrogens with one attached hydrogen (secondary N) is 4. The van der Waals surface area contributed by atoms with Gasteiger partial charge in [-0.05, 0) is 59.1 Å². The molecule has 1 fully saturated rings. The first-order valence-corrected chi connectivity index (χ1v) is 12.3. The van der Waals surface area contributed by atoms with E-state index in [1.807, 2.05) is 24.8 Å². The molecule has 2 amide bonds. The van der Waals surface area contributed by atoms with Gasteiger partial charge in [0.25, 0.3) is 11.8 Å². The monoisotopic (exact) mass is 498 g/mol. The Kier molecular flexibility index (Phi) is 6.75. The summed E-state index contributed by atoms with van der Waals surface area (Å²) in [7, 11) is 0. The van der Waals surface area contributed by atoms with Crippen LogP contribution < -0.4 is 16.3 Å². The maximum Gasteiger partial charge on any atom is 0.340 e. The van der Waals surface area contributed by atoms with Crippen molar-refractivity contribution in [2.45, 2.75) is 65.6 Å². The largest absolute Gasteiger partial charge is 0.365 e. The average molecular weight is 499 g/mol. The fourth-order valence-corrected chi connectivity index (χ4v) is 5.04. The van der Waals surface area contributed by atoms with E-state index < -0.39 is 11.6 Å². The molecule has 0 spiro atoms. The van der Waals surface area contributed by atoms with Gasteiger partial charge in [0.1, 0.15) is 17.3 Å². The summed E-state index contributed by atoms with van der Waals surface area (Å²) < 4.78 is 0. The molecule has 1 aliphatic heterocycles. The van der Waals surface area contributed by atoms with Gasteiger partial charge in [-0.15, -0.1) is 11.3 Å². The summed E-state index contributed by atoms with van der Waals surface area (Å²) >= 11 is 1.15. The van der Waals surface area contributed by atoms with E-state index in [2.05, 4.69) is 56.6 Å². The van der Waals surface area contributed by atoms with Gasteiger partial charge in [0, 0.05) is 29.9 Å². The number of anilines is 1. The second-order valence-electron chi connectivity index (χ2n) is 9.75. The van der Waals surface area contributed by atoms with Crippen molar-refractivity contribution in [3.63, 3.8) is 0 Å². The number of likely N-dealkylation sites (tertiary alicyclic amines) is 1. The fraction of sp³-hybridized carbons (Fsp3) is 0.478. The number of H-pyrrole nitrogens is 2. The van der Waals surface area contributed by atoms with Crippen molar-refractivity contribution in [1.82, 2.24) is 35.4 Å². The number of pyridine rings is 1. The van der Waals surface area contributed by atoms with E-state index >= 15 is 0 Å². The van der Waals surface area contributed by atoms with Crippen molar-refractivity contribution in [2.24, 2.45) is 0 Å². The highest BCUT2D eigenvalue weighted by Crippen LogP contribution is 2.35. The smallest absolute Gasteiger partial charge is 0.340 e. The highest BCUT2D eigenvalue weighted by atomic mass is 32.1. The summed E-state index contributed by atoms with van der Waals surface area (Å²) in [5, 5.41) is 12.2. The van der Waals surface area contributed by atoms with Gasteiger partial charge in [-0.2, -0.15) is 5.10 Å². The van der Waals surface area contributed by atoms with Gasteiger partial charge in [-0.1, -0.05) is 0 Å². The van der Waals surface area contributed by atoms with Gasteiger partial charge < -0.3 is 15.5 Å². The summed E-state index contributed by atoms with van der Waals surface area (Å²) in [6, 6.07) is 2.05. The number of aryl methyl sites for hydroxylation is 1. The van der Waals surface area contributed by atoms with E-state index in [1.165, 1.54) is 0 Å². The maximum atomic E-state index is 13.5. The van der Waals surface area contributed by atoms with Crippen molar-refractivity contribution < 1.29 is 9.59 Å². The van der Waals surface area contributed by atoms with Gasteiger partial charge in [-0.25, -0.2) is 19.9 Å². The quantitative estimate of drug-likeness (QED) is 0.408. The Morgan fingerprint density at radius 2 is 2.09 bits per heavy atom. The Balaban J connectivity index is 1.67. The lowest BCUT2D eigenvalue weighted by Crippen LogP contribution is -2.34. The van der Waals surface area contributed by atoms with Crippen LogP contribution in [0, 0.1) is 6.92 Å². The van der Waals surface area contributed by atoms with Crippen LogP contribution in [0.1, 0.15) is 72.2 Å². The lowest BCUT2D eigenvalue weighted by molar-refractivity contribution is 0.0743. The first-order valence-electron chi connectivity index (χ1n) is 11.5. The summed E-state index contributed by atoms with van der Waals surface area (Å²) in [5.41, 5.74) is 1.32. The highest BCUT2D eigenvalue weighted by Gasteiger charge is 2.32. The van der Waals surface area contributed by atoms with Crippen LogP contribution in [0.15, 0.2) is 17.1 Å². The minimum Gasteiger partial charge on any atom is -0.365 e. The molecule has 3 aromatic heterocycles. The normalized spacial score (nSPS) is 15.9. The van der Waals surface area contributed by atoms with E-state index in [1.54, 1.807) is 6.20 Å². The molecule has 12 heteroatoms. The average Bonchev–Trinajstić information content (AvgIpc) is 3.50. The Hall–Kier alpha value is -3.54. The van der Waals surface area contributed by atoms with Gasteiger partial charge in [0.05, 0.1) is 11.4 Å². The third-order valence-corrected chi connectivity index (χ3v) is 6.75. The molecular weight excluding hydrogens is 468 g/mol. The van der Waals surface area contributed by atoms with E-state index in [9.17, 15) is 14.4 Å². The molecule has 4 heterocycles. The molecule has 0 radical (unpaired) electrons. The zero-order valence-corrected chi connectivity index (χ0v) is 21.3. The van der Waals surface area contributed by atoms with Crippen LogP contribution in [0.25, 0.3) is 10.4 Å². The number of nitrogens with zero attached hydrogens (tertiary/aromatic N) is 4. The minimum absolute atomic E-state index is 0.0205. The van der Waals surface area contributed by atoms with Crippen LogP contribution in [0.4, 0.5) is 5.82 Å². The molecular formula is C23H30N8O3S. The molecule has 0 saturated carbocycles. The first-order chi connectivity index (χ1) is 16.5. The molecule has 0 unspecified atom stereocenters. The number of aromatic amines is 2. The number of hydrogen-bond donors (Lipinski definition) is 4. The molecule has 1 atom stereocenters. The summed E-state index contributed by atoms with van der Waals surface area (Å²) in [5.74, 6) is 0.387. The van der Waals surface area contributed by atoms with Crippen molar-refractivity contribution in [3.05, 3.63) is 44.8 Å². The molecule has 4 rings (SSSR count). The highest BCUT2D eigenvalue weighted by molar-refractivity contribution is 7.17. The second-order valence-corrected chi connectivity index (χ2v) is 10.8. The summed E-state index contributed by atoms with van der Waals surface area (Å²) in [6.45, 7) is 10.8. The van der Waals surface area contributed by atoms with Gasteiger partial charge in [0.15, 0.2) is 5.01 Å². The molecule has 11 nitrogen and oxygen atoms in total. The minimum atomic E-state index is -0.453. The number of hydrogen-bond acceptors (Lipinski definition) is 8. The number of aromatic nitrogens is 5. The molecule has 35 heavy (non-hydrogen) atoms. The van der Waals surface area contributed by atoms with Gasteiger partial charge >= 0.3 is 5.69 Å². The Bertz CT molecular complexity index is 1300. The SMILES string of the molecule is Cc1cc(NC(C)(C)C)ncc1-c1sc(C(=O)NCc2n[nH]c(=O)[nH]2)nc1C(=O)N1CCC[C@@H]1C. The lowest BCUT2D eigenvalue weighted by atomic mass is 10.1. The zero-order chi connectivity index (χ0) is 25.3. The number of rotatable bonds is 6. The molecule has 0 aromatic carbocycles. The Morgan fingerprint density at radius 1 is 1.31 bits per heavy atom. The van der Waals surface area contributed by atoms with E-state index in [4.69, 9.17) is 0 Å². The van der Waals surface area contributed by atoms with Crippen LogP contribution in [0.2, 0.25) is 0 Å². The molecule has 1 saturated heterocycles. The van der Waals surface area contributed by atoms with Crippen LogP contribution in [0.3, 0.4) is 0 Å². The molecule has 3 aromatic rings. The fourth-order valence-electron chi connectivity index (χ4n) is 3.99. The molecule has 4 N–H and O–H groups in total. The molecule has 186 valence electrons. The van der Waals surface area contributed by atoms with Crippen molar-refractivity contribution in [2.75, 3.05) is 11.9 Å². The summed E-state index contributed by atoms with van der Waals surface area (Å²) in [6.07, 6.45) is 3.60.